The van der Waals surface area contributed by atoms with Crippen LogP contribution in [0.5, 0.6) is 5.75 Å². The van der Waals surface area contributed by atoms with E-state index in [-0.39, 0.29) is 35.4 Å². The molecule has 39 heavy (non-hydrogen) atoms. The zero-order valence-electron chi connectivity index (χ0n) is 24.4. The van der Waals surface area contributed by atoms with Crippen LogP contribution >= 0.6 is 0 Å². The van der Waals surface area contributed by atoms with Crippen LogP contribution in [0.3, 0.4) is 0 Å². The van der Waals surface area contributed by atoms with Crippen molar-refractivity contribution in [3.63, 3.8) is 0 Å². The fourth-order valence-electron chi connectivity index (χ4n) is 4.83. The van der Waals surface area contributed by atoms with Gasteiger partial charge in [0.25, 0.3) is 5.91 Å². The average Bonchev–Trinajstić information content (AvgIpc) is 3.53. The molecule has 2 aromatic rings. The van der Waals surface area contributed by atoms with Crippen LogP contribution in [-0.4, -0.2) is 45.6 Å². The Morgan fingerprint density at radius 3 is 2.18 bits per heavy atom. The van der Waals surface area contributed by atoms with E-state index < -0.39 is 23.8 Å². The molecule has 4 atom stereocenters. The Hall–Kier alpha value is -3.55. The van der Waals surface area contributed by atoms with Gasteiger partial charge in [-0.2, -0.15) is 0 Å². The molecule has 0 radical (unpaired) electrons. The lowest BCUT2D eigenvalue weighted by Gasteiger charge is -2.35. The Kier molecular flexibility index (Phi) is 9.30. The van der Waals surface area contributed by atoms with Gasteiger partial charge in [-0.3, -0.25) is 9.59 Å². The zero-order chi connectivity index (χ0) is 29.1. The van der Waals surface area contributed by atoms with Gasteiger partial charge >= 0.3 is 6.09 Å². The number of ether oxygens (including phenoxy) is 1. The number of rotatable bonds is 9. The highest BCUT2D eigenvalue weighted by Gasteiger charge is 2.48. The molecule has 2 aromatic carbocycles. The normalized spacial score (nSPS) is 18.2. The van der Waals surface area contributed by atoms with Gasteiger partial charge in [0.2, 0.25) is 5.91 Å². The first kappa shape index (κ1) is 30.0. The number of aryl methyl sites for hydroxylation is 2. The van der Waals surface area contributed by atoms with Crippen molar-refractivity contribution >= 4 is 23.6 Å². The molecule has 3 N–H and O–H groups in total. The highest BCUT2D eigenvalue weighted by molar-refractivity contribution is 6.00. The minimum absolute atomic E-state index is 0.000716. The lowest BCUT2D eigenvalue weighted by Crippen LogP contribution is -2.53. The standard InChI is InChI=1S/C31H43N3O5/c1-18(2)15-24(32-30(38)39-31(6,7)8)29(37)34(25-16-21(25)5)27(22-13-10-14-23(35)17-22)28(36)33-26-19(3)11-9-12-20(26)4/h9-14,17-18,21,24-25,27,35H,15-16H2,1-8H3,(H,32,38)(H,33,36). The minimum Gasteiger partial charge on any atom is -0.508 e. The fourth-order valence-corrected chi connectivity index (χ4v) is 4.83. The van der Waals surface area contributed by atoms with Crippen LogP contribution in [0.1, 0.15) is 77.1 Å². The van der Waals surface area contributed by atoms with Crippen LogP contribution in [0, 0.1) is 25.7 Å². The van der Waals surface area contributed by atoms with Gasteiger partial charge in [-0.05, 0) is 88.1 Å². The van der Waals surface area contributed by atoms with E-state index >= 15 is 0 Å². The van der Waals surface area contributed by atoms with Crippen molar-refractivity contribution in [1.29, 1.82) is 0 Å². The van der Waals surface area contributed by atoms with E-state index in [0.29, 0.717) is 17.7 Å². The van der Waals surface area contributed by atoms with Gasteiger partial charge in [-0.15, -0.1) is 0 Å². The van der Waals surface area contributed by atoms with Crippen molar-refractivity contribution in [2.75, 3.05) is 5.32 Å². The van der Waals surface area contributed by atoms with Gasteiger partial charge in [-0.1, -0.05) is 51.1 Å². The minimum atomic E-state index is -1.02. The largest absolute Gasteiger partial charge is 0.508 e. The number of phenolic OH excluding ortho intramolecular Hbond substituents is 1. The van der Waals surface area contributed by atoms with E-state index in [4.69, 9.17) is 4.74 Å². The molecule has 1 aliphatic rings. The molecule has 0 spiro atoms. The average molecular weight is 538 g/mol. The summed E-state index contributed by atoms with van der Waals surface area (Å²) in [5.74, 6) is -0.461. The SMILES string of the molecule is Cc1cccc(C)c1NC(=O)C(c1cccc(O)c1)N(C(=O)C(CC(C)C)NC(=O)OC(C)(C)C)C1CC1C. The maximum absolute atomic E-state index is 14.3. The van der Waals surface area contributed by atoms with Crippen molar-refractivity contribution in [1.82, 2.24) is 10.2 Å². The summed E-state index contributed by atoms with van der Waals surface area (Å²) in [5, 5.41) is 16.1. The summed E-state index contributed by atoms with van der Waals surface area (Å²) in [6.07, 6.45) is 0.429. The van der Waals surface area contributed by atoms with Crippen LogP contribution in [0.2, 0.25) is 0 Å². The smallest absolute Gasteiger partial charge is 0.408 e. The van der Waals surface area contributed by atoms with Crippen LogP contribution < -0.4 is 10.6 Å². The number of carbonyl (C=O) groups is 3. The highest BCUT2D eigenvalue weighted by Crippen LogP contribution is 2.42. The predicted molar refractivity (Wildman–Crippen MR) is 152 cm³/mol. The third-order valence-electron chi connectivity index (χ3n) is 6.82. The molecule has 0 aromatic heterocycles. The van der Waals surface area contributed by atoms with Crippen LogP contribution in [0.15, 0.2) is 42.5 Å². The number of hydrogen-bond acceptors (Lipinski definition) is 5. The highest BCUT2D eigenvalue weighted by atomic mass is 16.6. The van der Waals surface area contributed by atoms with Gasteiger partial charge in [0.05, 0.1) is 0 Å². The Labute approximate surface area is 232 Å². The predicted octanol–water partition coefficient (Wildman–Crippen LogP) is 5.87. The van der Waals surface area contributed by atoms with Crippen LogP contribution in [-0.2, 0) is 14.3 Å². The number of benzene rings is 2. The first-order chi connectivity index (χ1) is 18.2. The zero-order valence-corrected chi connectivity index (χ0v) is 24.4. The van der Waals surface area contributed by atoms with E-state index in [2.05, 4.69) is 10.6 Å². The third kappa shape index (κ3) is 7.97. The van der Waals surface area contributed by atoms with Crippen molar-refractivity contribution in [3.8, 4) is 5.75 Å². The molecule has 3 amide bonds. The summed E-state index contributed by atoms with van der Waals surface area (Å²) in [7, 11) is 0. The summed E-state index contributed by atoms with van der Waals surface area (Å²) in [6, 6.07) is 10.1. The second-order valence-electron chi connectivity index (χ2n) is 12.1. The van der Waals surface area contributed by atoms with E-state index in [0.717, 1.165) is 17.5 Å². The van der Waals surface area contributed by atoms with Gasteiger partial charge < -0.3 is 25.4 Å². The molecule has 0 bridgehead atoms. The summed E-state index contributed by atoms with van der Waals surface area (Å²) >= 11 is 0. The molecule has 1 saturated carbocycles. The number of amides is 3. The van der Waals surface area contributed by atoms with Crippen molar-refractivity contribution < 1.29 is 24.2 Å². The monoisotopic (exact) mass is 537 g/mol. The number of nitrogens with one attached hydrogen (secondary N) is 2. The van der Waals surface area contributed by atoms with Gasteiger partial charge in [-0.25, -0.2) is 4.79 Å². The Bertz CT molecular complexity index is 1180. The number of nitrogens with zero attached hydrogens (tertiary/aromatic N) is 1. The second-order valence-corrected chi connectivity index (χ2v) is 12.1. The molecule has 0 aliphatic heterocycles. The van der Waals surface area contributed by atoms with E-state index in [1.165, 1.54) is 12.1 Å². The Morgan fingerprint density at radius 1 is 1.08 bits per heavy atom. The third-order valence-corrected chi connectivity index (χ3v) is 6.82. The Balaban J connectivity index is 2.05. The number of aromatic hydroxyl groups is 1. The van der Waals surface area contributed by atoms with E-state index in [1.54, 1.807) is 37.8 Å². The number of hydrogen-bond donors (Lipinski definition) is 3. The number of alkyl carbamates (subject to hydrolysis) is 1. The number of para-hydroxylation sites is 1. The molecular weight excluding hydrogens is 494 g/mol. The Morgan fingerprint density at radius 2 is 1.67 bits per heavy atom. The fraction of sp³-hybridized carbons (Fsp3) is 0.516. The van der Waals surface area contributed by atoms with Crippen molar-refractivity contribution in [2.45, 2.75) is 92.0 Å². The number of phenols is 1. The maximum atomic E-state index is 14.3. The summed E-state index contributed by atoms with van der Waals surface area (Å²) < 4.78 is 5.46. The molecule has 212 valence electrons. The molecule has 1 aliphatic carbocycles. The maximum Gasteiger partial charge on any atom is 0.408 e. The number of carbonyl (C=O) groups excluding carboxylic acids is 3. The van der Waals surface area contributed by atoms with Crippen LogP contribution in [0.25, 0.3) is 0 Å². The molecule has 8 heteroatoms. The quantitative estimate of drug-likeness (QED) is 0.371. The second kappa shape index (κ2) is 12.1. The van der Waals surface area contributed by atoms with Gasteiger partial charge in [0.1, 0.15) is 23.4 Å². The van der Waals surface area contributed by atoms with Crippen LogP contribution in [0.4, 0.5) is 10.5 Å². The molecule has 8 nitrogen and oxygen atoms in total. The van der Waals surface area contributed by atoms with Gasteiger partial charge in [0, 0.05) is 11.7 Å². The molecule has 0 saturated heterocycles. The first-order valence-corrected chi connectivity index (χ1v) is 13.7. The van der Waals surface area contributed by atoms with Crippen molar-refractivity contribution in [3.05, 3.63) is 59.2 Å². The molecule has 1 fully saturated rings. The van der Waals surface area contributed by atoms with Crippen molar-refractivity contribution in [2.24, 2.45) is 11.8 Å². The van der Waals surface area contributed by atoms with E-state index in [1.807, 2.05) is 52.8 Å². The summed E-state index contributed by atoms with van der Waals surface area (Å²) in [5.41, 5.74) is 2.26. The summed E-state index contributed by atoms with van der Waals surface area (Å²) in [4.78, 5) is 42.7. The molecular formula is C31H43N3O5. The lowest BCUT2D eigenvalue weighted by atomic mass is 9.98. The van der Waals surface area contributed by atoms with E-state index in [9.17, 15) is 19.5 Å². The lowest BCUT2D eigenvalue weighted by molar-refractivity contribution is -0.142. The molecule has 3 rings (SSSR count). The summed E-state index contributed by atoms with van der Waals surface area (Å²) in [6.45, 7) is 15.1. The molecule has 4 unspecified atom stereocenters. The van der Waals surface area contributed by atoms with Gasteiger partial charge in [0.15, 0.2) is 0 Å². The number of anilines is 1. The molecule has 0 heterocycles. The first-order valence-electron chi connectivity index (χ1n) is 13.7. The topological polar surface area (TPSA) is 108 Å².